The van der Waals surface area contributed by atoms with Gasteiger partial charge in [-0.3, -0.25) is 9.59 Å². The van der Waals surface area contributed by atoms with Gasteiger partial charge in [-0.2, -0.15) is 0 Å². The molecule has 2 aromatic rings. The lowest BCUT2D eigenvalue weighted by Gasteiger charge is -2.18. The third-order valence-electron chi connectivity index (χ3n) is 3.32. The van der Waals surface area contributed by atoms with E-state index in [1.54, 1.807) is 24.3 Å². The second kappa shape index (κ2) is 8.69. The number of carbonyl (C=O) groups is 2. The first-order valence-corrected chi connectivity index (χ1v) is 8.09. The van der Waals surface area contributed by atoms with Crippen molar-refractivity contribution in [3.8, 4) is 0 Å². The van der Waals surface area contributed by atoms with Gasteiger partial charge in [0.15, 0.2) is 0 Å². The quantitative estimate of drug-likeness (QED) is 0.800. The van der Waals surface area contributed by atoms with Gasteiger partial charge < -0.3 is 15.5 Å². The molecule has 2 aromatic carbocycles. The van der Waals surface area contributed by atoms with Gasteiger partial charge in [0.05, 0.1) is 29.5 Å². The van der Waals surface area contributed by atoms with E-state index in [2.05, 4.69) is 10.6 Å². The third kappa shape index (κ3) is 5.62. The van der Waals surface area contributed by atoms with E-state index in [0.717, 1.165) is 6.07 Å². The first kappa shape index (κ1) is 19.0. The summed E-state index contributed by atoms with van der Waals surface area (Å²) in [5.41, 5.74) is 0.628. The standard InChI is InChI=1S/C17H16Cl2FN3O2/c1-23(10-16(24)22-14-5-3-2-4-12(14)19)17(25)9-21-15-7-6-11(18)8-13(15)20/h2-8,21H,9-10H2,1H3,(H,22,24). The first-order chi connectivity index (χ1) is 11.9. The lowest BCUT2D eigenvalue weighted by atomic mass is 10.3. The molecule has 0 radical (unpaired) electrons. The molecule has 2 amide bonds. The number of anilines is 2. The Morgan fingerprint density at radius 3 is 2.52 bits per heavy atom. The molecule has 5 nitrogen and oxygen atoms in total. The van der Waals surface area contributed by atoms with Crippen LogP contribution in [0.15, 0.2) is 42.5 Å². The van der Waals surface area contributed by atoms with Gasteiger partial charge in [-0.05, 0) is 30.3 Å². The molecule has 8 heteroatoms. The highest BCUT2D eigenvalue weighted by Gasteiger charge is 2.14. The Bertz CT molecular complexity index is 786. The molecule has 0 fully saturated rings. The van der Waals surface area contributed by atoms with Crippen LogP contribution in [0.4, 0.5) is 15.8 Å². The molecule has 0 aliphatic heterocycles. The van der Waals surface area contributed by atoms with Crippen LogP contribution in [0.1, 0.15) is 0 Å². The Morgan fingerprint density at radius 2 is 1.84 bits per heavy atom. The number of amides is 2. The van der Waals surface area contributed by atoms with Crippen molar-refractivity contribution >= 4 is 46.4 Å². The van der Waals surface area contributed by atoms with Crippen LogP contribution in [0.2, 0.25) is 10.0 Å². The Labute approximate surface area is 154 Å². The van der Waals surface area contributed by atoms with Crippen molar-refractivity contribution in [3.63, 3.8) is 0 Å². The summed E-state index contributed by atoms with van der Waals surface area (Å²) in [6, 6.07) is 10.9. The number of likely N-dealkylation sites (N-methyl/N-ethyl adjacent to an activating group) is 1. The molecule has 2 rings (SSSR count). The summed E-state index contributed by atoms with van der Waals surface area (Å²) >= 11 is 11.6. The van der Waals surface area contributed by atoms with Crippen LogP contribution in [-0.4, -0.2) is 36.9 Å². The van der Waals surface area contributed by atoms with Crippen LogP contribution in [0, 0.1) is 5.82 Å². The summed E-state index contributed by atoms with van der Waals surface area (Å²) < 4.78 is 13.6. The average Bonchev–Trinajstić information content (AvgIpc) is 2.55. The van der Waals surface area contributed by atoms with E-state index in [1.165, 1.54) is 24.1 Å². The number of nitrogens with one attached hydrogen (secondary N) is 2. The van der Waals surface area contributed by atoms with Gasteiger partial charge >= 0.3 is 0 Å². The van der Waals surface area contributed by atoms with Gasteiger partial charge in [0.2, 0.25) is 11.8 Å². The van der Waals surface area contributed by atoms with Crippen molar-refractivity contribution in [3.05, 3.63) is 58.3 Å². The fourth-order valence-electron chi connectivity index (χ4n) is 1.99. The van der Waals surface area contributed by atoms with Crippen molar-refractivity contribution in [2.75, 3.05) is 30.8 Å². The zero-order chi connectivity index (χ0) is 18.4. The maximum Gasteiger partial charge on any atom is 0.244 e. The Balaban J connectivity index is 1.85. The van der Waals surface area contributed by atoms with Crippen molar-refractivity contribution in [2.45, 2.75) is 0 Å². The summed E-state index contributed by atoms with van der Waals surface area (Å²) in [6.07, 6.45) is 0. The van der Waals surface area contributed by atoms with Crippen LogP contribution < -0.4 is 10.6 Å². The van der Waals surface area contributed by atoms with Crippen LogP contribution in [0.3, 0.4) is 0 Å². The second-order valence-electron chi connectivity index (χ2n) is 5.26. The predicted molar refractivity (Wildman–Crippen MR) is 97.6 cm³/mol. The first-order valence-electron chi connectivity index (χ1n) is 7.34. The van der Waals surface area contributed by atoms with Crippen LogP contribution in [-0.2, 0) is 9.59 Å². The smallest absolute Gasteiger partial charge is 0.244 e. The Morgan fingerprint density at radius 1 is 1.12 bits per heavy atom. The number of rotatable bonds is 6. The van der Waals surface area contributed by atoms with Gasteiger partial charge in [0.1, 0.15) is 5.82 Å². The summed E-state index contributed by atoms with van der Waals surface area (Å²) in [5.74, 6) is -1.32. The molecule has 0 spiro atoms. The van der Waals surface area contributed by atoms with Crippen molar-refractivity contribution in [1.82, 2.24) is 4.90 Å². The molecule has 0 aromatic heterocycles. The Kier molecular flexibility index (Phi) is 6.61. The minimum Gasteiger partial charge on any atom is -0.374 e. The normalized spacial score (nSPS) is 10.2. The molecule has 132 valence electrons. The number of halogens is 3. The molecular weight excluding hydrogens is 368 g/mol. The maximum atomic E-state index is 13.6. The summed E-state index contributed by atoms with van der Waals surface area (Å²) in [7, 11) is 1.48. The van der Waals surface area contributed by atoms with E-state index in [-0.39, 0.29) is 35.6 Å². The molecule has 2 N–H and O–H groups in total. The van der Waals surface area contributed by atoms with E-state index in [1.807, 2.05) is 0 Å². The van der Waals surface area contributed by atoms with E-state index >= 15 is 0 Å². The van der Waals surface area contributed by atoms with Gasteiger partial charge in [0.25, 0.3) is 0 Å². The van der Waals surface area contributed by atoms with E-state index in [4.69, 9.17) is 23.2 Å². The molecule has 0 unspecified atom stereocenters. The lowest BCUT2D eigenvalue weighted by molar-refractivity contribution is -0.131. The van der Waals surface area contributed by atoms with E-state index in [9.17, 15) is 14.0 Å². The third-order valence-corrected chi connectivity index (χ3v) is 3.88. The second-order valence-corrected chi connectivity index (χ2v) is 6.10. The number of nitrogens with zero attached hydrogens (tertiary/aromatic N) is 1. The number of benzene rings is 2. The van der Waals surface area contributed by atoms with Gasteiger partial charge in [0, 0.05) is 12.1 Å². The lowest BCUT2D eigenvalue weighted by Crippen LogP contribution is -2.38. The zero-order valence-electron chi connectivity index (χ0n) is 13.4. The monoisotopic (exact) mass is 383 g/mol. The molecule has 0 bridgehead atoms. The molecule has 25 heavy (non-hydrogen) atoms. The SMILES string of the molecule is CN(CC(=O)Nc1ccccc1Cl)C(=O)CNc1ccc(Cl)cc1F. The highest BCUT2D eigenvalue weighted by molar-refractivity contribution is 6.33. The summed E-state index contributed by atoms with van der Waals surface area (Å²) in [6.45, 7) is -0.316. The number of hydrogen-bond acceptors (Lipinski definition) is 3. The molecule has 0 heterocycles. The minimum absolute atomic E-state index is 0.158. The van der Waals surface area contributed by atoms with Crippen molar-refractivity contribution in [2.24, 2.45) is 0 Å². The minimum atomic E-state index is -0.556. The maximum absolute atomic E-state index is 13.6. The fourth-order valence-corrected chi connectivity index (χ4v) is 2.34. The van der Waals surface area contributed by atoms with Crippen molar-refractivity contribution in [1.29, 1.82) is 0 Å². The van der Waals surface area contributed by atoms with E-state index < -0.39 is 5.82 Å². The number of hydrogen-bond donors (Lipinski definition) is 2. The van der Waals surface area contributed by atoms with Crippen LogP contribution in [0.5, 0.6) is 0 Å². The van der Waals surface area contributed by atoms with Crippen LogP contribution >= 0.6 is 23.2 Å². The largest absolute Gasteiger partial charge is 0.374 e. The summed E-state index contributed by atoms with van der Waals surface area (Å²) in [4.78, 5) is 25.3. The molecular formula is C17H16Cl2FN3O2. The van der Waals surface area contributed by atoms with Gasteiger partial charge in [-0.15, -0.1) is 0 Å². The fraction of sp³-hybridized carbons (Fsp3) is 0.176. The Hall–Kier alpha value is -2.31. The molecule has 0 saturated heterocycles. The zero-order valence-corrected chi connectivity index (χ0v) is 14.9. The molecule has 0 aliphatic carbocycles. The average molecular weight is 384 g/mol. The number of carbonyl (C=O) groups excluding carboxylic acids is 2. The molecule has 0 aliphatic rings. The van der Waals surface area contributed by atoms with Crippen molar-refractivity contribution < 1.29 is 14.0 Å². The number of para-hydroxylation sites is 1. The van der Waals surface area contributed by atoms with Gasteiger partial charge in [-0.1, -0.05) is 35.3 Å². The molecule has 0 saturated carbocycles. The summed E-state index contributed by atoms with van der Waals surface area (Å²) in [5, 5.41) is 5.97. The predicted octanol–water partition coefficient (Wildman–Crippen LogP) is 3.64. The molecule has 0 atom stereocenters. The topological polar surface area (TPSA) is 61.4 Å². The van der Waals surface area contributed by atoms with Crippen LogP contribution in [0.25, 0.3) is 0 Å². The van der Waals surface area contributed by atoms with E-state index in [0.29, 0.717) is 10.7 Å². The van der Waals surface area contributed by atoms with Gasteiger partial charge in [-0.25, -0.2) is 4.39 Å². The highest BCUT2D eigenvalue weighted by atomic mass is 35.5. The highest BCUT2D eigenvalue weighted by Crippen LogP contribution is 2.20.